The summed E-state index contributed by atoms with van der Waals surface area (Å²) in [4.78, 5) is 0. The van der Waals surface area contributed by atoms with Crippen LogP contribution in [0.2, 0.25) is 0 Å². The van der Waals surface area contributed by atoms with Crippen molar-refractivity contribution in [1.82, 2.24) is 0 Å². The largest absolute Gasteiger partial charge is 0.489 e. The fourth-order valence-corrected chi connectivity index (χ4v) is 3.18. The Balaban J connectivity index is 1.68. The molecule has 0 bridgehead atoms. The molecule has 0 aliphatic rings. The van der Waals surface area contributed by atoms with Crippen LogP contribution in [0.3, 0.4) is 0 Å². The maximum atomic E-state index is 7.29. The van der Waals surface area contributed by atoms with Crippen molar-refractivity contribution in [3.05, 3.63) is 65.0 Å². The van der Waals surface area contributed by atoms with Crippen molar-refractivity contribution in [2.45, 2.75) is 13.0 Å². The molecular formula is C17H16N2OS. The molecule has 0 radical (unpaired) electrons. The van der Waals surface area contributed by atoms with Crippen molar-refractivity contribution in [1.29, 1.82) is 5.41 Å². The Kier molecular flexibility index (Phi) is 3.88. The quantitative estimate of drug-likeness (QED) is 0.553. The van der Waals surface area contributed by atoms with Gasteiger partial charge in [-0.05, 0) is 34.5 Å². The van der Waals surface area contributed by atoms with Gasteiger partial charge in [0.25, 0.3) is 0 Å². The second-order valence-electron chi connectivity index (χ2n) is 4.89. The highest BCUT2D eigenvalue weighted by atomic mass is 32.1. The Morgan fingerprint density at radius 2 is 1.86 bits per heavy atom. The Hall–Kier alpha value is -2.33. The minimum Gasteiger partial charge on any atom is -0.489 e. The third kappa shape index (κ3) is 3.23. The highest BCUT2D eigenvalue weighted by molar-refractivity contribution is 7.17. The maximum Gasteiger partial charge on any atom is 0.119 e. The number of hydrogen-bond acceptors (Lipinski definition) is 3. The predicted molar refractivity (Wildman–Crippen MR) is 88.2 cm³/mol. The van der Waals surface area contributed by atoms with Crippen molar-refractivity contribution in [3.8, 4) is 5.75 Å². The number of hydrogen-bond donors (Lipinski definition) is 2. The number of nitrogens with one attached hydrogen (secondary N) is 1. The van der Waals surface area contributed by atoms with Gasteiger partial charge in [-0.15, -0.1) is 11.3 Å². The van der Waals surface area contributed by atoms with Crippen molar-refractivity contribution in [2.75, 3.05) is 0 Å². The highest BCUT2D eigenvalue weighted by Gasteiger charge is 2.04. The molecule has 0 fully saturated rings. The van der Waals surface area contributed by atoms with Crippen molar-refractivity contribution in [2.24, 2.45) is 5.73 Å². The van der Waals surface area contributed by atoms with E-state index in [1.807, 2.05) is 24.3 Å². The summed E-state index contributed by atoms with van der Waals surface area (Å²) in [5.74, 6) is 1.01. The molecule has 106 valence electrons. The lowest BCUT2D eigenvalue weighted by molar-refractivity contribution is 0.308. The van der Waals surface area contributed by atoms with Gasteiger partial charge in [0.1, 0.15) is 12.4 Å². The van der Waals surface area contributed by atoms with E-state index in [2.05, 4.69) is 29.6 Å². The molecule has 3 N–H and O–H groups in total. The van der Waals surface area contributed by atoms with Crippen LogP contribution < -0.4 is 10.5 Å². The van der Waals surface area contributed by atoms with E-state index in [0.29, 0.717) is 13.0 Å². The second-order valence-corrected chi connectivity index (χ2v) is 5.80. The molecule has 0 saturated heterocycles. The average Bonchev–Trinajstić information content (AvgIpc) is 2.89. The summed E-state index contributed by atoms with van der Waals surface area (Å²) >= 11 is 1.74. The number of ether oxygens (including phenoxy) is 1. The monoisotopic (exact) mass is 296 g/mol. The maximum absolute atomic E-state index is 7.29. The number of nitrogens with two attached hydrogens (primary N) is 1. The summed E-state index contributed by atoms with van der Waals surface area (Å²) in [5.41, 5.74) is 7.63. The van der Waals surface area contributed by atoms with Crippen LogP contribution in [0, 0.1) is 5.41 Å². The zero-order chi connectivity index (χ0) is 14.7. The number of benzene rings is 2. The Bertz CT molecular complexity index is 762. The van der Waals surface area contributed by atoms with E-state index in [1.54, 1.807) is 11.3 Å². The number of rotatable bonds is 5. The molecule has 2 aromatic carbocycles. The van der Waals surface area contributed by atoms with E-state index in [1.165, 1.54) is 15.6 Å². The molecule has 0 unspecified atom stereocenters. The van der Waals surface area contributed by atoms with Crippen LogP contribution in [0.15, 0.2) is 53.9 Å². The van der Waals surface area contributed by atoms with Crippen LogP contribution in [-0.2, 0) is 13.0 Å². The summed E-state index contributed by atoms with van der Waals surface area (Å²) in [7, 11) is 0. The average molecular weight is 296 g/mol. The summed E-state index contributed by atoms with van der Waals surface area (Å²) in [6.45, 7) is 0.566. The minimum atomic E-state index is 0.174. The van der Waals surface area contributed by atoms with Crippen molar-refractivity contribution in [3.63, 3.8) is 0 Å². The minimum absolute atomic E-state index is 0.174. The van der Waals surface area contributed by atoms with Crippen LogP contribution in [0.4, 0.5) is 0 Å². The molecule has 1 aromatic heterocycles. The first-order chi connectivity index (χ1) is 10.2. The first-order valence-corrected chi connectivity index (χ1v) is 7.60. The van der Waals surface area contributed by atoms with Gasteiger partial charge >= 0.3 is 0 Å². The summed E-state index contributed by atoms with van der Waals surface area (Å²) in [6.07, 6.45) is 0.482. The lowest BCUT2D eigenvalue weighted by Gasteiger charge is -2.06. The van der Waals surface area contributed by atoms with E-state index in [9.17, 15) is 0 Å². The predicted octanol–water partition coefficient (Wildman–Crippen LogP) is 3.96. The van der Waals surface area contributed by atoms with Gasteiger partial charge in [0.2, 0.25) is 0 Å². The molecular weight excluding hydrogens is 280 g/mol. The van der Waals surface area contributed by atoms with Crippen LogP contribution in [-0.4, -0.2) is 5.84 Å². The first kappa shape index (κ1) is 13.6. The molecule has 0 spiro atoms. The van der Waals surface area contributed by atoms with E-state index in [4.69, 9.17) is 15.9 Å². The first-order valence-electron chi connectivity index (χ1n) is 6.72. The van der Waals surface area contributed by atoms with Gasteiger partial charge in [-0.1, -0.05) is 30.3 Å². The molecule has 1 heterocycles. The van der Waals surface area contributed by atoms with Gasteiger partial charge in [-0.2, -0.15) is 0 Å². The molecule has 3 aromatic rings. The van der Waals surface area contributed by atoms with Crippen LogP contribution in [0.25, 0.3) is 10.1 Å². The van der Waals surface area contributed by atoms with E-state index < -0.39 is 0 Å². The normalized spacial score (nSPS) is 10.7. The summed E-state index contributed by atoms with van der Waals surface area (Å²) in [6, 6.07) is 16.1. The Morgan fingerprint density at radius 3 is 2.62 bits per heavy atom. The zero-order valence-corrected chi connectivity index (χ0v) is 12.3. The summed E-state index contributed by atoms with van der Waals surface area (Å²) in [5, 5.41) is 10.7. The van der Waals surface area contributed by atoms with Gasteiger partial charge in [-0.25, -0.2) is 0 Å². The lowest BCUT2D eigenvalue weighted by Crippen LogP contribution is -2.12. The van der Waals surface area contributed by atoms with Gasteiger partial charge in [-0.3, -0.25) is 5.41 Å². The number of thiophene rings is 1. The zero-order valence-electron chi connectivity index (χ0n) is 11.5. The summed E-state index contributed by atoms with van der Waals surface area (Å²) < 4.78 is 7.13. The molecule has 3 nitrogen and oxygen atoms in total. The molecule has 0 aliphatic carbocycles. The van der Waals surface area contributed by atoms with Gasteiger partial charge < -0.3 is 10.5 Å². The second kappa shape index (κ2) is 5.97. The van der Waals surface area contributed by atoms with E-state index >= 15 is 0 Å². The fraction of sp³-hybridized carbons (Fsp3) is 0.118. The highest BCUT2D eigenvalue weighted by Crippen LogP contribution is 2.26. The van der Waals surface area contributed by atoms with Gasteiger partial charge in [0.05, 0.1) is 5.84 Å². The Labute approximate surface area is 127 Å². The number of fused-ring (bicyclic) bond motifs is 1. The van der Waals surface area contributed by atoms with Gasteiger partial charge in [0, 0.05) is 16.7 Å². The smallest absolute Gasteiger partial charge is 0.119 e. The lowest BCUT2D eigenvalue weighted by atomic mass is 10.1. The molecule has 0 atom stereocenters. The Morgan fingerprint density at radius 1 is 1.10 bits per heavy atom. The topological polar surface area (TPSA) is 59.1 Å². The molecule has 4 heteroatoms. The van der Waals surface area contributed by atoms with Crippen LogP contribution >= 0.6 is 11.3 Å². The molecule has 3 rings (SSSR count). The molecule has 0 amide bonds. The van der Waals surface area contributed by atoms with Gasteiger partial charge in [0.15, 0.2) is 0 Å². The van der Waals surface area contributed by atoms with E-state index in [0.717, 1.165) is 11.3 Å². The fourth-order valence-electron chi connectivity index (χ4n) is 2.23. The third-order valence-corrected chi connectivity index (χ3v) is 4.29. The van der Waals surface area contributed by atoms with Crippen molar-refractivity contribution >= 4 is 27.3 Å². The SMILES string of the molecule is N=C(N)Cc1ccc(OCc2csc3ccccc23)cc1. The molecule has 0 aliphatic heterocycles. The molecule has 21 heavy (non-hydrogen) atoms. The van der Waals surface area contributed by atoms with E-state index in [-0.39, 0.29) is 5.84 Å². The van der Waals surface area contributed by atoms with Crippen LogP contribution in [0.1, 0.15) is 11.1 Å². The standard InChI is InChI=1S/C17H16N2OS/c18-17(19)9-12-5-7-14(8-6-12)20-10-13-11-21-16-4-2-1-3-15(13)16/h1-8,11H,9-10H2,(H3,18,19). The third-order valence-electron chi connectivity index (χ3n) is 3.27. The number of amidine groups is 1. The molecule has 0 saturated carbocycles. The van der Waals surface area contributed by atoms with Crippen LogP contribution in [0.5, 0.6) is 5.75 Å². The van der Waals surface area contributed by atoms with Crippen molar-refractivity contribution < 1.29 is 4.74 Å².